The van der Waals surface area contributed by atoms with Crippen LogP contribution in [0.5, 0.6) is 0 Å². The Morgan fingerprint density at radius 3 is 2.60 bits per heavy atom. The molecule has 0 aromatic heterocycles. The number of allylic oxidation sites excluding steroid dienone is 1. The van der Waals surface area contributed by atoms with Crippen molar-refractivity contribution in [1.29, 1.82) is 0 Å². The fraction of sp³-hybridized carbons (Fsp3) is 0.778. The monoisotopic (exact) mass is 142 g/mol. The van der Waals surface area contributed by atoms with Crippen LogP contribution in [0.3, 0.4) is 0 Å². The molecule has 1 atom stereocenters. The van der Waals surface area contributed by atoms with E-state index in [0.29, 0.717) is 5.92 Å². The summed E-state index contributed by atoms with van der Waals surface area (Å²) in [5.74, 6) is 0.657. The lowest BCUT2D eigenvalue weighted by molar-refractivity contribution is 0.182. The van der Waals surface area contributed by atoms with Crippen LogP contribution >= 0.6 is 0 Å². The molecule has 0 radical (unpaired) electrons. The molecular weight excluding hydrogens is 124 g/mol. The van der Waals surface area contributed by atoms with Crippen molar-refractivity contribution in [1.82, 2.24) is 0 Å². The zero-order valence-corrected chi connectivity index (χ0v) is 7.10. The summed E-state index contributed by atoms with van der Waals surface area (Å²) in [4.78, 5) is 0. The Labute approximate surface area is 64.1 Å². The smallest absolute Gasteiger partial charge is 0.0467 e. The maximum atomic E-state index is 4.97. The van der Waals surface area contributed by atoms with Gasteiger partial charge in [0, 0.05) is 13.7 Å². The van der Waals surface area contributed by atoms with Gasteiger partial charge in [0.1, 0.15) is 0 Å². The molecule has 10 heavy (non-hydrogen) atoms. The first-order valence-corrected chi connectivity index (χ1v) is 3.96. The minimum absolute atomic E-state index is 0.657. The summed E-state index contributed by atoms with van der Waals surface area (Å²) in [6.45, 7) is 6.83. The predicted molar refractivity (Wildman–Crippen MR) is 45.1 cm³/mol. The Morgan fingerprint density at radius 2 is 2.20 bits per heavy atom. The van der Waals surface area contributed by atoms with E-state index in [1.165, 1.54) is 12.8 Å². The molecule has 1 nitrogen and oxygen atoms in total. The van der Waals surface area contributed by atoms with Crippen molar-refractivity contribution < 1.29 is 4.74 Å². The van der Waals surface area contributed by atoms with E-state index in [0.717, 1.165) is 13.0 Å². The van der Waals surface area contributed by atoms with E-state index in [4.69, 9.17) is 4.74 Å². The summed E-state index contributed by atoms with van der Waals surface area (Å²) in [5.41, 5.74) is 0. The summed E-state index contributed by atoms with van der Waals surface area (Å²) in [6.07, 6.45) is 5.63. The third-order valence-corrected chi connectivity index (χ3v) is 1.69. The molecule has 0 spiro atoms. The van der Waals surface area contributed by atoms with Crippen LogP contribution in [0.4, 0.5) is 0 Å². The zero-order valence-electron chi connectivity index (χ0n) is 7.10. The molecule has 1 heteroatoms. The van der Waals surface area contributed by atoms with Gasteiger partial charge in [0.25, 0.3) is 0 Å². The molecular formula is C9H18O. The maximum Gasteiger partial charge on any atom is 0.0467 e. The Morgan fingerprint density at radius 1 is 1.50 bits per heavy atom. The second kappa shape index (κ2) is 6.81. The molecule has 0 saturated heterocycles. The van der Waals surface area contributed by atoms with E-state index < -0.39 is 0 Å². The van der Waals surface area contributed by atoms with Crippen molar-refractivity contribution in [2.24, 2.45) is 5.92 Å². The van der Waals surface area contributed by atoms with Crippen LogP contribution < -0.4 is 0 Å². The van der Waals surface area contributed by atoms with Crippen molar-refractivity contribution >= 4 is 0 Å². The summed E-state index contributed by atoms with van der Waals surface area (Å²) >= 11 is 0. The van der Waals surface area contributed by atoms with E-state index in [9.17, 15) is 0 Å². The molecule has 0 N–H and O–H groups in total. The van der Waals surface area contributed by atoms with Crippen LogP contribution in [0.1, 0.15) is 26.2 Å². The Hall–Kier alpha value is -0.300. The van der Waals surface area contributed by atoms with Crippen LogP contribution in [0.2, 0.25) is 0 Å². The minimum Gasteiger partial charge on any atom is -0.385 e. The van der Waals surface area contributed by atoms with Gasteiger partial charge in [0.2, 0.25) is 0 Å². The van der Waals surface area contributed by atoms with E-state index >= 15 is 0 Å². The standard InChI is InChI=1S/C9H18O/c1-4-6-9(5-2)7-8-10-3/h5,9H,2,4,6-8H2,1,3H3. The average molecular weight is 142 g/mol. The molecule has 0 aliphatic carbocycles. The number of rotatable bonds is 6. The molecule has 0 aromatic carbocycles. The first kappa shape index (κ1) is 9.70. The highest BCUT2D eigenvalue weighted by Gasteiger charge is 2.00. The van der Waals surface area contributed by atoms with Crippen molar-refractivity contribution in [2.75, 3.05) is 13.7 Å². The van der Waals surface area contributed by atoms with Gasteiger partial charge in [-0.15, -0.1) is 6.58 Å². The van der Waals surface area contributed by atoms with Crippen molar-refractivity contribution in [3.8, 4) is 0 Å². The molecule has 0 bridgehead atoms. The molecule has 0 aliphatic rings. The first-order valence-electron chi connectivity index (χ1n) is 3.96. The normalized spacial score (nSPS) is 13.0. The largest absolute Gasteiger partial charge is 0.385 e. The minimum atomic E-state index is 0.657. The lowest BCUT2D eigenvalue weighted by Crippen LogP contribution is -2.00. The fourth-order valence-electron chi connectivity index (χ4n) is 1.02. The lowest BCUT2D eigenvalue weighted by Gasteiger charge is -2.08. The highest BCUT2D eigenvalue weighted by atomic mass is 16.5. The van der Waals surface area contributed by atoms with Crippen LogP contribution in [-0.2, 0) is 4.74 Å². The first-order chi connectivity index (χ1) is 4.85. The summed E-state index contributed by atoms with van der Waals surface area (Å²) < 4.78 is 4.97. The van der Waals surface area contributed by atoms with E-state index in [1.54, 1.807) is 7.11 Å². The van der Waals surface area contributed by atoms with Crippen LogP contribution in [0.25, 0.3) is 0 Å². The van der Waals surface area contributed by atoms with Gasteiger partial charge in [-0.25, -0.2) is 0 Å². The third-order valence-electron chi connectivity index (χ3n) is 1.69. The molecule has 0 amide bonds. The second-order valence-electron chi connectivity index (χ2n) is 2.57. The lowest BCUT2D eigenvalue weighted by atomic mass is 10.0. The van der Waals surface area contributed by atoms with Gasteiger partial charge in [-0.3, -0.25) is 0 Å². The third kappa shape index (κ3) is 4.57. The van der Waals surface area contributed by atoms with Crippen molar-refractivity contribution in [2.45, 2.75) is 26.2 Å². The predicted octanol–water partition coefficient (Wildman–Crippen LogP) is 2.63. The molecule has 0 heterocycles. The molecule has 0 saturated carbocycles. The van der Waals surface area contributed by atoms with Gasteiger partial charge in [-0.1, -0.05) is 19.4 Å². The van der Waals surface area contributed by atoms with Crippen molar-refractivity contribution in [3.63, 3.8) is 0 Å². The van der Waals surface area contributed by atoms with E-state index in [2.05, 4.69) is 13.5 Å². The van der Waals surface area contributed by atoms with Crippen molar-refractivity contribution in [3.05, 3.63) is 12.7 Å². The van der Waals surface area contributed by atoms with Gasteiger partial charge in [-0.2, -0.15) is 0 Å². The van der Waals surface area contributed by atoms with Crippen LogP contribution in [-0.4, -0.2) is 13.7 Å². The Bertz CT molecular complexity index is 78.8. The van der Waals surface area contributed by atoms with Crippen LogP contribution in [0.15, 0.2) is 12.7 Å². The summed E-state index contributed by atoms with van der Waals surface area (Å²) in [7, 11) is 1.74. The summed E-state index contributed by atoms with van der Waals surface area (Å²) in [6, 6.07) is 0. The average Bonchev–Trinajstić information content (AvgIpc) is 1.98. The highest BCUT2D eigenvalue weighted by molar-refractivity contribution is 4.77. The number of hydrogen-bond donors (Lipinski definition) is 0. The SMILES string of the molecule is C=CC(CCC)CCOC. The molecule has 0 aromatic rings. The molecule has 1 unspecified atom stereocenters. The number of methoxy groups -OCH3 is 1. The molecule has 0 rings (SSSR count). The number of ether oxygens (including phenoxy) is 1. The molecule has 0 fully saturated rings. The van der Waals surface area contributed by atoms with Gasteiger partial charge in [-0.05, 0) is 18.8 Å². The molecule has 0 aliphatic heterocycles. The second-order valence-corrected chi connectivity index (χ2v) is 2.57. The number of hydrogen-bond acceptors (Lipinski definition) is 1. The fourth-order valence-corrected chi connectivity index (χ4v) is 1.02. The van der Waals surface area contributed by atoms with Gasteiger partial charge >= 0.3 is 0 Å². The maximum absolute atomic E-state index is 4.97. The summed E-state index contributed by atoms with van der Waals surface area (Å²) in [5, 5.41) is 0. The highest BCUT2D eigenvalue weighted by Crippen LogP contribution is 2.11. The van der Waals surface area contributed by atoms with Gasteiger partial charge < -0.3 is 4.74 Å². The Kier molecular flexibility index (Phi) is 6.61. The quantitative estimate of drug-likeness (QED) is 0.518. The molecule has 60 valence electrons. The zero-order chi connectivity index (χ0) is 7.82. The topological polar surface area (TPSA) is 9.23 Å². The van der Waals surface area contributed by atoms with E-state index in [-0.39, 0.29) is 0 Å². The van der Waals surface area contributed by atoms with Gasteiger partial charge in [0.05, 0.1) is 0 Å². The van der Waals surface area contributed by atoms with E-state index in [1.807, 2.05) is 6.08 Å². The Balaban J connectivity index is 3.29. The van der Waals surface area contributed by atoms with Crippen LogP contribution in [0, 0.1) is 5.92 Å². The van der Waals surface area contributed by atoms with Gasteiger partial charge in [0.15, 0.2) is 0 Å².